The smallest absolute Gasteiger partial charge is 0.319 e. The third-order valence-electron chi connectivity index (χ3n) is 3.86. The van der Waals surface area contributed by atoms with Crippen LogP contribution in [0.1, 0.15) is 49.7 Å². The Morgan fingerprint density at radius 1 is 1.15 bits per heavy atom. The van der Waals surface area contributed by atoms with Gasteiger partial charge in [0.05, 0.1) is 10.7 Å². The average Bonchev–Trinajstić information content (AvgIpc) is 2.62. The molecule has 110 valence electrons. The predicted octanol–water partition coefficient (Wildman–Crippen LogP) is 4.80. The molecule has 1 saturated carbocycles. The van der Waals surface area contributed by atoms with Gasteiger partial charge in [-0.15, -0.1) is 0 Å². The minimum atomic E-state index is -0.147. The van der Waals surface area contributed by atoms with Crippen LogP contribution in [-0.2, 0) is 0 Å². The van der Waals surface area contributed by atoms with Crippen molar-refractivity contribution >= 4 is 23.3 Å². The first-order chi connectivity index (χ1) is 9.56. The van der Waals surface area contributed by atoms with Crippen molar-refractivity contribution in [3.05, 3.63) is 28.3 Å². The van der Waals surface area contributed by atoms with E-state index in [2.05, 4.69) is 10.6 Å². The van der Waals surface area contributed by atoms with Crippen LogP contribution in [0, 0.1) is 13.8 Å². The molecule has 1 aromatic rings. The monoisotopic (exact) mass is 294 g/mol. The molecule has 1 aliphatic rings. The molecule has 0 unspecified atom stereocenters. The van der Waals surface area contributed by atoms with Crippen LogP contribution in [0.5, 0.6) is 0 Å². The van der Waals surface area contributed by atoms with Crippen LogP contribution in [0.4, 0.5) is 10.5 Å². The summed E-state index contributed by atoms with van der Waals surface area (Å²) in [5, 5.41) is 6.55. The Morgan fingerprint density at radius 3 is 2.40 bits per heavy atom. The summed E-state index contributed by atoms with van der Waals surface area (Å²) in [6.07, 6.45) is 7.12. The second-order valence-electron chi connectivity index (χ2n) is 5.73. The number of carbonyl (C=O) groups is 1. The molecule has 20 heavy (non-hydrogen) atoms. The molecule has 3 nitrogen and oxygen atoms in total. The van der Waals surface area contributed by atoms with E-state index in [0.717, 1.165) is 24.0 Å². The molecule has 4 heteroatoms. The van der Waals surface area contributed by atoms with Gasteiger partial charge in [-0.3, -0.25) is 0 Å². The number of anilines is 1. The van der Waals surface area contributed by atoms with E-state index < -0.39 is 0 Å². The van der Waals surface area contributed by atoms with Gasteiger partial charge >= 0.3 is 6.03 Å². The number of carbonyl (C=O) groups excluding carboxylic acids is 1. The molecule has 2 amide bonds. The number of aryl methyl sites for hydroxylation is 2. The van der Waals surface area contributed by atoms with Gasteiger partial charge in [-0.05, 0) is 43.9 Å². The Kier molecular flexibility index (Phi) is 5.30. The van der Waals surface area contributed by atoms with Crippen molar-refractivity contribution in [2.24, 2.45) is 0 Å². The first-order valence-corrected chi connectivity index (χ1v) is 7.78. The van der Waals surface area contributed by atoms with Crippen LogP contribution in [0.25, 0.3) is 0 Å². The molecule has 0 atom stereocenters. The number of amides is 2. The fraction of sp³-hybridized carbons (Fsp3) is 0.562. The van der Waals surface area contributed by atoms with Gasteiger partial charge in [-0.1, -0.05) is 43.4 Å². The van der Waals surface area contributed by atoms with Crippen molar-refractivity contribution in [2.45, 2.75) is 58.4 Å². The van der Waals surface area contributed by atoms with Gasteiger partial charge in [0, 0.05) is 6.04 Å². The third-order valence-corrected chi connectivity index (χ3v) is 4.16. The molecular formula is C16H23ClN2O. The maximum Gasteiger partial charge on any atom is 0.319 e. The highest BCUT2D eigenvalue weighted by Gasteiger charge is 2.16. The molecule has 0 heterocycles. The van der Waals surface area contributed by atoms with Crippen LogP contribution in [0.3, 0.4) is 0 Å². The van der Waals surface area contributed by atoms with Gasteiger partial charge in [0.25, 0.3) is 0 Å². The van der Waals surface area contributed by atoms with Gasteiger partial charge in [0.2, 0.25) is 0 Å². The molecule has 0 radical (unpaired) electrons. The normalized spacial score (nSPS) is 16.6. The molecular weight excluding hydrogens is 272 g/mol. The highest BCUT2D eigenvalue weighted by Crippen LogP contribution is 2.27. The summed E-state index contributed by atoms with van der Waals surface area (Å²) in [5.41, 5.74) is 2.80. The van der Waals surface area contributed by atoms with Gasteiger partial charge in [0.15, 0.2) is 0 Å². The van der Waals surface area contributed by atoms with E-state index in [0.29, 0.717) is 16.8 Å². The van der Waals surface area contributed by atoms with E-state index in [1.807, 2.05) is 26.0 Å². The molecule has 0 spiro atoms. The number of rotatable bonds is 2. The summed E-state index contributed by atoms with van der Waals surface area (Å²) >= 11 is 6.21. The first kappa shape index (κ1) is 15.2. The zero-order valence-corrected chi connectivity index (χ0v) is 13.0. The lowest BCUT2D eigenvalue weighted by Crippen LogP contribution is -2.37. The summed E-state index contributed by atoms with van der Waals surface area (Å²) in [6.45, 7) is 3.95. The van der Waals surface area contributed by atoms with Gasteiger partial charge in [0.1, 0.15) is 0 Å². The van der Waals surface area contributed by atoms with E-state index in [1.165, 1.54) is 25.7 Å². The SMILES string of the molecule is Cc1cc(C)c(NC(=O)NC2CCCCCC2)c(Cl)c1. The third kappa shape index (κ3) is 4.14. The molecule has 1 fully saturated rings. The first-order valence-electron chi connectivity index (χ1n) is 7.40. The number of urea groups is 1. The highest BCUT2D eigenvalue weighted by molar-refractivity contribution is 6.34. The van der Waals surface area contributed by atoms with Crippen molar-refractivity contribution < 1.29 is 4.79 Å². The Balaban J connectivity index is 1.97. The standard InChI is InChI=1S/C16H23ClN2O/c1-11-9-12(2)15(14(17)10-11)19-16(20)18-13-7-5-3-4-6-8-13/h9-10,13H,3-8H2,1-2H3,(H2,18,19,20). The molecule has 1 aliphatic carbocycles. The summed E-state index contributed by atoms with van der Waals surface area (Å²) in [7, 11) is 0. The molecule has 0 aromatic heterocycles. The lowest BCUT2D eigenvalue weighted by atomic mass is 10.1. The summed E-state index contributed by atoms with van der Waals surface area (Å²) < 4.78 is 0. The second kappa shape index (κ2) is 6.98. The van der Waals surface area contributed by atoms with Crippen LogP contribution in [0.15, 0.2) is 12.1 Å². The van der Waals surface area contributed by atoms with Crippen LogP contribution < -0.4 is 10.6 Å². The van der Waals surface area contributed by atoms with Crippen molar-refractivity contribution in [3.8, 4) is 0 Å². The lowest BCUT2D eigenvalue weighted by Gasteiger charge is -2.18. The van der Waals surface area contributed by atoms with Crippen molar-refractivity contribution in [3.63, 3.8) is 0 Å². The van der Waals surface area contributed by atoms with Crippen molar-refractivity contribution in [1.82, 2.24) is 5.32 Å². The molecule has 0 saturated heterocycles. The Bertz CT molecular complexity index is 456. The maximum absolute atomic E-state index is 12.1. The molecule has 1 aromatic carbocycles. The fourth-order valence-corrected chi connectivity index (χ4v) is 3.20. The topological polar surface area (TPSA) is 41.1 Å². The zero-order valence-electron chi connectivity index (χ0n) is 12.3. The second-order valence-corrected chi connectivity index (χ2v) is 6.13. The molecule has 2 rings (SSSR count). The Hall–Kier alpha value is -1.22. The van der Waals surface area contributed by atoms with Crippen molar-refractivity contribution in [2.75, 3.05) is 5.32 Å². The quantitative estimate of drug-likeness (QED) is 0.756. The Labute approximate surface area is 126 Å². The van der Waals surface area contributed by atoms with E-state index in [9.17, 15) is 4.79 Å². The molecule has 0 bridgehead atoms. The summed E-state index contributed by atoms with van der Waals surface area (Å²) in [5.74, 6) is 0. The van der Waals surface area contributed by atoms with E-state index in [1.54, 1.807) is 0 Å². The minimum absolute atomic E-state index is 0.147. The van der Waals surface area contributed by atoms with Gasteiger partial charge in [-0.25, -0.2) is 4.79 Å². The zero-order chi connectivity index (χ0) is 14.5. The largest absolute Gasteiger partial charge is 0.335 e. The fourth-order valence-electron chi connectivity index (χ4n) is 2.83. The lowest BCUT2D eigenvalue weighted by molar-refractivity contribution is 0.247. The van der Waals surface area contributed by atoms with E-state index in [4.69, 9.17) is 11.6 Å². The van der Waals surface area contributed by atoms with E-state index >= 15 is 0 Å². The minimum Gasteiger partial charge on any atom is -0.335 e. The van der Waals surface area contributed by atoms with Gasteiger partial charge in [-0.2, -0.15) is 0 Å². The predicted molar refractivity (Wildman–Crippen MR) is 84.6 cm³/mol. The average molecular weight is 295 g/mol. The molecule has 0 aliphatic heterocycles. The summed E-state index contributed by atoms with van der Waals surface area (Å²) in [6, 6.07) is 4.04. The van der Waals surface area contributed by atoms with E-state index in [-0.39, 0.29) is 6.03 Å². The van der Waals surface area contributed by atoms with Crippen LogP contribution in [-0.4, -0.2) is 12.1 Å². The van der Waals surface area contributed by atoms with Gasteiger partial charge < -0.3 is 10.6 Å². The number of hydrogen-bond acceptors (Lipinski definition) is 1. The highest BCUT2D eigenvalue weighted by atomic mass is 35.5. The number of hydrogen-bond donors (Lipinski definition) is 2. The van der Waals surface area contributed by atoms with Crippen LogP contribution >= 0.6 is 11.6 Å². The molecule has 2 N–H and O–H groups in total. The number of halogens is 1. The maximum atomic E-state index is 12.1. The summed E-state index contributed by atoms with van der Waals surface area (Å²) in [4.78, 5) is 12.1. The van der Waals surface area contributed by atoms with Crippen molar-refractivity contribution in [1.29, 1.82) is 0 Å². The number of benzene rings is 1. The van der Waals surface area contributed by atoms with Crippen LogP contribution in [0.2, 0.25) is 5.02 Å². The number of nitrogens with one attached hydrogen (secondary N) is 2. The Morgan fingerprint density at radius 2 is 1.80 bits per heavy atom.